The van der Waals surface area contributed by atoms with Gasteiger partial charge in [-0.2, -0.15) is 5.10 Å². The Morgan fingerprint density at radius 1 is 0.710 bits per heavy atom. The van der Waals surface area contributed by atoms with Crippen LogP contribution in [-0.2, 0) is 5.60 Å². The highest BCUT2D eigenvalue weighted by Crippen LogP contribution is 2.44. The van der Waals surface area contributed by atoms with Crippen LogP contribution in [0.2, 0.25) is 0 Å². The van der Waals surface area contributed by atoms with E-state index in [2.05, 4.69) is 102 Å². The standard InChI is InChI=1S/C28H20N2O/c1-2-8-22(9-3-1)28(23-12-14-24(15-13-23)30-20-6-19-29-30)18-17-26-25-10-5-4-7-21(25)11-16-27(26)31-28/h1-20H. The predicted molar refractivity (Wildman–Crippen MR) is 124 cm³/mol. The van der Waals surface area contributed by atoms with Crippen LogP contribution in [0.1, 0.15) is 16.7 Å². The average molecular weight is 400 g/mol. The Bertz CT molecular complexity index is 1390. The summed E-state index contributed by atoms with van der Waals surface area (Å²) in [7, 11) is 0. The van der Waals surface area contributed by atoms with Gasteiger partial charge in [0, 0.05) is 29.1 Å². The van der Waals surface area contributed by atoms with Crippen LogP contribution in [0.5, 0.6) is 5.75 Å². The van der Waals surface area contributed by atoms with Gasteiger partial charge in [0.15, 0.2) is 5.60 Å². The van der Waals surface area contributed by atoms with Crippen LogP contribution in [0, 0.1) is 0 Å². The third-order valence-corrected chi connectivity index (χ3v) is 5.95. The lowest BCUT2D eigenvalue weighted by Crippen LogP contribution is -2.34. The van der Waals surface area contributed by atoms with Crippen LogP contribution in [-0.4, -0.2) is 9.78 Å². The Balaban J connectivity index is 1.51. The minimum Gasteiger partial charge on any atom is -0.473 e. The highest BCUT2D eigenvalue weighted by atomic mass is 16.5. The third kappa shape index (κ3) is 2.86. The number of nitrogens with zero attached hydrogens (tertiary/aromatic N) is 2. The summed E-state index contributed by atoms with van der Waals surface area (Å²) in [5.41, 5.74) is 3.61. The van der Waals surface area contributed by atoms with Crippen molar-refractivity contribution in [1.82, 2.24) is 9.78 Å². The van der Waals surface area contributed by atoms with Gasteiger partial charge in [-0.25, -0.2) is 4.68 Å². The zero-order valence-corrected chi connectivity index (χ0v) is 16.8. The van der Waals surface area contributed by atoms with E-state index in [0.29, 0.717) is 0 Å². The van der Waals surface area contributed by atoms with Crippen LogP contribution in [0.3, 0.4) is 0 Å². The largest absolute Gasteiger partial charge is 0.473 e. The van der Waals surface area contributed by atoms with Gasteiger partial charge in [-0.15, -0.1) is 0 Å². The second-order valence-electron chi connectivity index (χ2n) is 7.73. The van der Waals surface area contributed by atoms with Gasteiger partial charge in [0.05, 0.1) is 5.69 Å². The molecule has 0 saturated carbocycles. The van der Waals surface area contributed by atoms with E-state index in [0.717, 1.165) is 28.1 Å². The third-order valence-electron chi connectivity index (χ3n) is 5.95. The Hall–Kier alpha value is -4.11. The van der Waals surface area contributed by atoms with Gasteiger partial charge < -0.3 is 4.74 Å². The fraction of sp³-hybridized carbons (Fsp3) is 0.0357. The lowest BCUT2D eigenvalue weighted by Gasteiger charge is -2.36. The van der Waals surface area contributed by atoms with E-state index >= 15 is 0 Å². The van der Waals surface area contributed by atoms with Gasteiger partial charge in [-0.05, 0) is 47.2 Å². The molecule has 31 heavy (non-hydrogen) atoms. The van der Waals surface area contributed by atoms with Crippen LogP contribution < -0.4 is 4.74 Å². The van der Waals surface area contributed by atoms with Crippen molar-refractivity contribution in [2.45, 2.75) is 5.60 Å². The van der Waals surface area contributed by atoms with E-state index in [9.17, 15) is 0 Å². The van der Waals surface area contributed by atoms with Crippen molar-refractivity contribution in [3.8, 4) is 11.4 Å². The molecule has 5 aromatic rings. The zero-order valence-electron chi connectivity index (χ0n) is 16.8. The van der Waals surface area contributed by atoms with Crippen molar-refractivity contribution in [2.24, 2.45) is 0 Å². The van der Waals surface area contributed by atoms with Crippen molar-refractivity contribution in [2.75, 3.05) is 0 Å². The van der Waals surface area contributed by atoms with E-state index in [1.54, 1.807) is 6.20 Å². The van der Waals surface area contributed by atoms with Crippen molar-refractivity contribution < 1.29 is 4.74 Å². The van der Waals surface area contributed by atoms with E-state index in [1.807, 2.05) is 23.0 Å². The molecule has 6 rings (SSSR count). The van der Waals surface area contributed by atoms with Crippen molar-refractivity contribution in [1.29, 1.82) is 0 Å². The molecule has 1 atom stereocenters. The lowest BCUT2D eigenvalue weighted by molar-refractivity contribution is 0.161. The summed E-state index contributed by atoms with van der Waals surface area (Å²) in [4.78, 5) is 0. The molecule has 0 amide bonds. The smallest absolute Gasteiger partial charge is 0.178 e. The number of rotatable bonds is 3. The quantitative estimate of drug-likeness (QED) is 0.352. The number of fused-ring (bicyclic) bond motifs is 3. The van der Waals surface area contributed by atoms with Crippen molar-refractivity contribution >= 4 is 16.8 Å². The molecule has 0 N–H and O–H groups in total. The van der Waals surface area contributed by atoms with Crippen LogP contribution in [0.25, 0.3) is 22.5 Å². The van der Waals surface area contributed by atoms with Crippen molar-refractivity contribution in [3.05, 3.63) is 132 Å². The van der Waals surface area contributed by atoms with E-state index in [-0.39, 0.29) is 0 Å². The predicted octanol–water partition coefficient (Wildman–Crippen LogP) is 6.37. The summed E-state index contributed by atoms with van der Waals surface area (Å²) >= 11 is 0. The average Bonchev–Trinajstić information content (AvgIpc) is 3.39. The summed E-state index contributed by atoms with van der Waals surface area (Å²) in [6.45, 7) is 0. The normalized spacial score (nSPS) is 17.3. The maximum atomic E-state index is 6.82. The molecular formula is C28H20N2O. The molecule has 0 radical (unpaired) electrons. The Morgan fingerprint density at radius 3 is 2.29 bits per heavy atom. The molecule has 1 aliphatic heterocycles. The first-order chi connectivity index (χ1) is 15.3. The monoisotopic (exact) mass is 400 g/mol. The molecule has 1 unspecified atom stereocenters. The maximum absolute atomic E-state index is 6.82. The highest BCUT2D eigenvalue weighted by molar-refractivity contribution is 5.94. The highest BCUT2D eigenvalue weighted by Gasteiger charge is 2.37. The summed E-state index contributed by atoms with van der Waals surface area (Å²) in [5.74, 6) is 0.890. The Morgan fingerprint density at radius 2 is 1.48 bits per heavy atom. The lowest BCUT2D eigenvalue weighted by atomic mass is 9.83. The number of hydrogen-bond acceptors (Lipinski definition) is 2. The van der Waals surface area contributed by atoms with E-state index in [1.165, 1.54) is 10.8 Å². The molecule has 1 aromatic heterocycles. The molecule has 0 spiro atoms. The van der Waals surface area contributed by atoms with Crippen molar-refractivity contribution in [3.63, 3.8) is 0 Å². The first kappa shape index (κ1) is 17.7. The molecule has 3 heteroatoms. The Kier molecular flexibility index (Phi) is 4.00. The summed E-state index contributed by atoms with van der Waals surface area (Å²) in [6.07, 6.45) is 8.11. The molecule has 0 bridgehead atoms. The van der Waals surface area contributed by atoms with Gasteiger partial charge in [0.25, 0.3) is 0 Å². The maximum Gasteiger partial charge on any atom is 0.178 e. The zero-order chi connectivity index (χ0) is 20.7. The fourth-order valence-electron chi connectivity index (χ4n) is 4.39. The molecule has 4 aromatic carbocycles. The SMILES string of the molecule is C1=CC(c2ccccc2)(c2ccc(-n3cccn3)cc2)Oc2ccc3ccccc3c21. The van der Waals surface area contributed by atoms with Gasteiger partial charge >= 0.3 is 0 Å². The number of benzene rings is 4. The van der Waals surface area contributed by atoms with Crippen LogP contribution >= 0.6 is 0 Å². The van der Waals surface area contributed by atoms with E-state index in [4.69, 9.17) is 4.74 Å². The molecule has 0 aliphatic carbocycles. The first-order valence-corrected chi connectivity index (χ1v) is 10.4. The molecule has 2 heterocycles. The second-order valence-corrected chi connectivity index (χ2v) is 7.73. The molecule has 148 valence electrons. The molecule has 1 aliphatic rings. The topological polar surface area (TPSA) is 27.1 Å². The number of ether oxygens (including phenoxy) is 1. The molecule has 3 nitrogen and oxygen atoms in total. The van der Waals surface area contributed by atoms with Gasteiger partial charge in [0.2, 0.25) is 0 Å². The molecule has 0 fully saturated rings. The van der Waals surface area contributed by atoms with Gasteiger partial charge in [-0.3, -0.25) is 0 Å². The minimum atomic E-state index is -0.695. The second kappa shape index (κ2) is 6.99. The summed E-state index contributed by atoms with van der Waals surface area (Å²) in [6, 6.07) is 33.4. The number of aromatic nitrogens is 2. The minimum absolute atomic E-state index is 0.695. The molecular weight excluding hydrogens is 380 g/mol. The fourth-order valence-corrected chi connectivity index (χ4v) is 4.39. The van der Waals surface area contributed by atoms with Gasteiger partial charge in [0.1, 0.15) is 5.75 Å². The van der Waals surface area contributed by atoms with E-state index < -0.39 is 5.60 Å². The summed E-state index contributed by atoms with van der Waals surface area (Å²) < 4.78 is 8.68. The van der Waals surface area contributed by atoms with Gasteiger partial charge in [-0.1, -0.05) is 72.8 Å². The molecule has 0 saturated heterocycles. The van der Waals surface area contributed by atoms with Crippen LogP contribution in [0.15, 0.2) is 116 Å². The van der Waals surface area contributed by atoms with Crippen LogP contribution in [0.4, 0.5) is 0 Å². The first-order valence-electron chi connectivity index (χ1n) is 10.4. The number of hydrogen-bond donors (Lipinski definition) is 0. The Labute approximate surface area is 180 Å². The summed E-state index contributed by atoms with van der Waals surface area (Å²) in [5, 5.41) is 6.75.